The lowest BCUT2D eigenvalue weighted by atomic mass is 9.96. The van der Waals surface area contributed by atoms with Crippen LogP contribution in [-0.2, 0) is 27.5 Å². The van der Waals surface area contributed by atoms with Crippen molar-refractivity contribution in [2.45, 2.75) is 57.9 Å². The molecule has 0 radical (unpaired) electrons. The Morgan fingerprint density at radius 2 is 1.94 bits per heavy atom. The van der Waals surface area contributed by atoms with Gasteiger partial charge in [0.2, 0.25) is 15.9 Å². The number of likely N-dealkylation sites (tertiary alicyclic amines) is 1. The zero-order chi connectivity index (χ0) is 24.6. The minimum absolute atomic E-state index is 0.00923. The number of amides is 1. The standard InChI is InChI=1S/C23H34F3N3O3S/c1-15(2)10-20(27-33(4,31)32)22(30)28(3)21-9-8-17-13-29(14-19(17)21)12-16-6-5-7-18(11-16)23(24,25)26/h5-7,11,15,17,19-21,27H,8-10,12-14H2,1-4H3/t17-,19+,20-,21-/m0/s1. The summed E-state index contributed by atoms with van der Waals surface area (Å²) in [6.45, 7) is 5.82. The number of carbonyl (C=O) groups is 1. The summed E-state index contributed by atoms with van der Waals surface area (Å²) < 4.78 is 65.2. The molecule has 1 amide bonds. The third-order valence-electron chi connectivity index (χ3n) is 6.76. The third-order valence-corrected chi connectivity index (χ3v) is 7.47. The van der Waals surface area contributed by atoms with Crippen molar-refractivity contribution in [3.8, 4) is 0 Å². The van der Waals surface area contributed by atoms with E-state index in [1.807, 2.05) is 13.8 Å². The first-order chi connectivity index (χ1) is 15.2. The fraction of sp³-hybridized carbons (Fsp3) is 0.696. The molecule has 0 unspecified atom stereocenters. The fourth-order valence-electron chi connectivity index (χ4n) is 5.38. The van der Waals surface area contributed by atoms with E-state index in [-0.39, 0.29) is 23.8 Å². The van der Waals surface area contributed by atoms with E-state index >= 15 is 0 Å². The van der Waals surface area contributed by atoms with Gasteiger partial charge in [-0.05, 0) is 48.6 Å². The molecule has 1 aromatic rings. The Balaban J connectivity index is 1.67. The minimum Gasteiger partial charge on any atom is -0.341 e. The van der Waals surface area contributed by atoms with Crippen LogP contribution < -0.4 is 4.72 Å². The summed E-state index contributed by atoms with van der Waals surface area (Å²) in [5.74, 6) is 0.522. The van der Waals surface area contributed by atoms with Crippen LogP contribution in [0.1, 0.15) is 44.2 Å². The Morgan fingerprint density at radius 1 is 1.24 bits per heavy atom. The zero-order valence-electron chi connectivity index (χ0n) is 19.6. The number of halogens is 3. The van der Waals surface area contributed by atoms with Gasteiger partial charge in [0.15, 0.2) is 0 Å². The van der Waals surface area contributed by atoms with E-state index in [0.29, 0.717) is 31.0 Å². The molecule has 10 heteroatoms. The Hall–Kier alpha value is -1.65. The molecule has 1 N–H and O–H groups in total. The molecule has 3 rings (SSSR count). The number of rotatable bonds is 8. The highest BCUT2D eigenvalue weighted by Crippen LogP contribution is 2.41. The van der Waals surface area contributed by atoms with Gasteiger partial charge in [-0.1, -0.05) is 32.0 Å². The van der Waals surface area contributed by atoms with Gasteiger partial charge in [-0.2, -0.15) is 13.2 Å². The average molecular weight is 490 g/mol. The van der Waals surface area contributed by atoms with Gasteiger partial charge in [0, 0.05) is 32.7 Å². The lowest BCUT2D eigenvalue weighted by Crippen LogP contribution is -2.51. The smallest absolute Gasteiger partial charge is 0.341 e. The number of likely N-dealkylation sites (N-methyl/N-ethyl adjacent to an activating group) is 1. The molecule has 0 bridgehead atoms. The van der Waals surface area contributed by atoms with Crippen LogP contribution in [0, 0.1) is 17.8 Å². The van der Waals surface area contributed by atoms with E-state index in [2.05, 4.69) is 9.62 Å². The van der Waals surface area contributed by atoms with E-state index in [1.54, 1.807) is 18.0 Å². The van der Waals surface area contributed by atoms with E-state index < -0.39 is 27.8 Å². The SMILES string of the molecule is CC(C)C[C@H](NS(C)(=O)=O)C(=O)N(C)[C@H]1CC[C@H]2CN(Cc3cccc(C(F)(F)F)c3)C[C@H]21. The molecule has 1 aliphatic heterocycles. The summed E-state index contributed by atoms with van der Waals surface area (Å²) in [6, 6.07) is 4.63. The second kappa shape index (κ2) is 9.92. The number of fused-ring (bicyclic) bond motifs is 1. The largest absolute Gasteiger partial charge is 0.416 e. The quantitative estimate of drug-likeness (QED) is 0.608. The molecule has 4 atom stereocenters. The van der Waals surface area contributed by atoms with Crippen LogP contribution in [0.2, 0.25) is 0 Å². The summed E-state index contributed by atoms with van der Waals surface area (Å²) >= 11 is 0. The number of hydrogen-bond acceptors (Lipinski definition) is 4. The second-order valence-corrected chi connectivity index (χ2v) is 11.8. The van der Waals surface area contributed by atoms with Gasteiger partial charge >= 0.3 is 6.18 Å². The van der Waals surface area contributed by atoms with Crippen LogP contribution in [-0.4, -0.2) is 62.6 Å². The van der Waals surface area contributed by atoms with Gasteiger partial charge < -0.3 is 4.90 Å². The van der Waals surface area contributed by atoms with E-state index in [9.17, 15) is 26.4 Å². The molecule has 1 saturated heterocycles. The van der Waals surface area contributed by atoms with Crippen LogP contribution in [0.5, 0.6) is 0 Å². The average Bonchev–Trinajstić information content (AvgIpc) is 3.24. The van der Waals surface area contributed by atoms with Gasteiger partial charge in [-0.15, -0.1) is 0 Å². The lowest BCUT2D eigenvalue weighted by molar-refractivity contribution is -0.137. The highest BCUT2D eigenvalue weighted by atomic mass is 32.2. The number of nitrogens with zero attached hydrogens (tertiary/aromatic N) is 2. The number of nitrogens with one attached hydrogen (secondary N) is 1. The molecule has 186 valence electrons. The predicted molar refractivity (Wildman–Crippen MR) is 121 cm³/mol. The molecule has 1 heterocycles. The molecule has 1 aromatic carbocycles. The van der Waals surface area contributed by atoms with Crippen molar-refractivity contribution >= 4 is 15.9 Å². The molecule has 1 aliphatic carbocycles. The molecule has 6 nitrogen and oxygen atoms in total. The summed E-state index contributed by atoms with van der Waals surface area (Å²) in [6.07, 6.45) is -1.10. The maximum absolute atomic E-state index is 13.2. The van der Waals surface area contributed by atoms with Crippen LogP contribution in [0.25, 0.3) is 0 Å². The third kappa shape index (κ3) is 6.70. The maximum Gasteiger partial charge on any atom is 0.416 e. The summed E-state index contributed by atoms with van der Waals surface area (Å²) in [7, 11) is -1.79. The van der Waals surface area contributed by atoms with E-state index in [1.165, 1.54) is 12.1 Å². The first kappa shape index (κ1) is 26.0. The van der Waals surface area contributed by atoms with Crippen LogP contribution >= 0.6 is 0 Å². The molecule has 33 heavy (non-hydrogen) atoms. The number of sulfonamides is 1. The Labute approximate surface area is 194 Å². The molecular formula is C23H34F3N3O3S. The highest BCUT2D eigenvalue weighted by molar-refractivity contribution is 7.88. The second-order valence-electron chi connectivity index (χ2n) is 9.98. The van der Waals surface area contributed by atoms with Gasteiger partial charge in [0.1, 0.15) is 6.04 Å². The fourth-order valence-corrected chi connectivity index (χ4v) is 6.10. The predicted octanol–water partition coefficient (Wildman–Crippen LogP) is 3.34. The topological polar surface area (TPSA) is 69.7 Å². The monoisotopic (exact) mass is 489 g/mol. The summed E-state index contributed by atoms with van der Waals surface area (Å²) in [5, 5.41) is 0. The maximum atomic E-state index is 13.2. The normalized spacial score (nSPS) is 24.8. The Bertz CT molecular complexity index is 952. The van der Waals surface area contributed by atoms with E-state index in [0.717, 1.165) is 31.7 Å². The number of hydrogen-bond donors (Lipinski definition) is 1. The van der Waals surface area contributed by atoms with Crippen molar-refractivity contribution in [3.63, 3.8) is 0 Å². The van der Waals surface area contributed by atoms with Gasteiger partial charge in [-0.3, -0.25) is 9.69 Å². The molecule has 0 spiro atoms. The molecule has 0 aromatic heterocycles. The van der Waals surface area contributed by atoms with Crippen molar-refractivity contribution in [2.75, 3.05) is 26.4 Å². The Kier molecular flexibility index (Phi) is 7.80. The van der Waals surface area contributed by atoms with Crippen LogP contribution in [0.3, 0.4) is 0 Å². The van der Waals surface area contributed by atoms with Crippen LogP contribution in [0.4, 0.5) is 13.2 Å². The van der Waals surface area contributed by atoms with Crippen LogP contribution in [0.15, 0.2) is 24.3 Å². The molecule has 2 aliphatic rings. The van der Waals surface area contributed by atoms with Crippen molar-refractivity contribution in [1.82, 2.24) is 14.5 Å². The summed E-state index contributed by atoms with van der Waals surface area (Å²) in [5.41, 5.74) is -0.0164. The highest BCUT2D eigenvalue weighted by Gasteiger charge is 2.46. The molecule has 2 fully saturated rings. The first-order valence-corrected chi connectivity index (χ1v) is 13.3. The Morgan fingerprint density at radius 3 is 2.55 bits per heavy atom. The van der Waals surface area contributed by atoms with Gasteiger partial charge in [-0.25, -0.2) is 13.1 Å². The van der Waals surface area contributed by atoms with Gasteiger partial charge in [0.25, 0.3) is 0 Å². The summed E-state index contributed by atoms with van der Waals surface area (Å²) in [4.78, 5) is 17.1. The number of benzene rings is 1. The van der Waals surface area contributed by atoms with Crippen molar-refractivity contribution < 1.29 is 26.4 Å². The minimum atomic E-state index is -4.36. The first-order valence-electron chi connectivity index (χ1n) is 11.4. The van der Waals surface area contributed by atoms with E-state index in [4.69, 9.17) is 0 Å². The molecule has 1 saturated carbocycles. The van der Waals surface area contributed by atoms with Gasteiger partial charge in [0.05, 0.1) is 11.8 Å². The number of alkyl halides is 3. The lowest BCUT2D eigenvalue weighted by Gasteiger charge is -2.33. The van der Waals surface area contributed by atoms with Crippen molar-refractivity contribution in [3.05, 3.63) is 35.4 Å². The molecular weight excluding hydrogens is 455 g/mol. The van der Waals surface area contributed by atoms with Crippen molar-refractivity contribution in [2.24, 2.45) is 17.8 Å². The van der Waals surface area contributed by atoms with Crippen molar-refractivity contribution in [1.29, 1.82) is 0 Å². The number of carbonyl (C=O) groups excluding carboxylic acids is 1. The zero-order valence-corrected chi connectivity index (χ0v) is 20.4.